The Balaban J connectivity index is 2.75. The molecule has 1 rings (SSSR count). The molecule has 0 aliphatic carbocycles. The number of terminal acetylenes is 1. The molecule has 0 aliphatic heterocycles. The third kappa shape index (κ3) is 3.22. The van der Waals surface area contributed by atoms with Gasteiger partial charge in [-0.05, 0) is 19.1 Å². The number of hydrogen-bond acceptors (Lipinski definition) is 3. The van der Waals surface area contributed by atoms with Crippen molar-refractivity contribution >= 4 is 17.8 Å². The van der Waals surface area contributed by atoms with Gasteiger partial charge in [0.25, 0.3) is 0 Å². The normalized spacial score (nSPS) is 11.2. The Hall–Kier alpha value is -2.55. The number of aromatic nitrogens is 1. The molecule has 1 aromatic heterocycles. The standard InChI is InChI=1S/C12H13N3O3/c1-4-9-6-5-7-10(13-9)14-11(16)8(2)15(3)12(17)18/h1,5-8H,2-3H3,(H,17,18)(H,13,14,16). The number of hydrogen-bond donors (Lipinski definition) is 2. The molecule has 0 fully saturated rings. The molecule has 1 heterocycles. The summed E-state index contributed by atoms with van der Waals surface area (Å²) in [5.41, 5.74) is 0.395. The highest BCUT2D eigenvalue weighted by molar-refractivity contribution is 5.95. The lowest BCUT2D eigenvalue weighted by Crippen LogP contribution is -2.42. The number of likely N-dealkylation sites (N-methyl/N-ethyl adjacent to an activating group) is 1. The van der Waals surface area contributed by atoms with E-state index in [1.54, 1.807) is 18.2 Å². The molecule has 2 amide bonds. The Bertz CT molecular complexity index is 508. The maximum atomic E-state index is 11.8. The lowest BCUT2D eigenvalue weighted by atomic mass is 10.3. The van der Waals surface area contributed by atoms with E-state index < -0.39 is 18.0 Å². The molecule has 0 saturated heterocycles. The second-order valence-corrected chi connectivity index (χ2v) is 3.61. The fraction of sp³-hybridized carbons (Fsp3) is 0.250. The van der Waals surface area contributed by atoms with Crippen LogP contribution < -0.4 is 5.32 Å². The minimum Gasteiger partial charge on any atom is -0.465 e. The van der Waals surface area contributed by atoms with E-state index in [9.17, 15) is 9.59 Å². The van der Waals surface area contributed by atoms with E-state index in [1.807, 2.05) is 0 Å². The van der Waals surface area contributed by atoms with E-state index in [-0.39, 0.29) is 0 Å². The highest BCUT2D eigenvalue weighted by atomic mass is 16.4. The molecule has 0 bridgehead atoms. The molecule has 0 radical (unpaired) electrons. The Morgan fingerprint density at radius 1 is 1.56 bits per heavy atom. The molecular weight excluding hydrogens is 234 g/mol. The van der Waals surface area contributed by atoms with E-state index in [0.29, 0.717) is 11.5 Å². The zero-order valence-corrected chi connectivity index (χ0v) is 10.0. The molecule has 1 aromatic rings. The summed E-state index contributed by atoms with van der Waals surface area (Å²) in [5.74, 6) is 2.17. The monoisotopic (exact) mass is 247 g/mol. The van der Waals surface area contributed by atoms with Crippen LogP contribution in [0.3, 0.4) is 0 Å². The topological polar surface area (TPSA) is 82.5 Å². The Morgan fingerprint density at radius 2 is 2.22 bits per heavy atom. The van der Waals surface area contributed by atoms with E-state index in [4.69, 9.17) is 11.5 Å². The van der Waals surface area contributed by atoms with Crippen LogP contribution in [0, 0.1) is 12.3 Å². The largest absolute Gasteiger partial charge is 0.465 e. The summed E-state index contributed by atoms with van der Waals surface area (Å²) in [6.07, 6.45) is 4.01. The second kappa shape index (κ2) is 5.68. The fourth-order valence-corrected chi connectivity index (χ4v) is 1.16. The number of nitrogens with zero attached hydrogens (tertiary/aromatic N) is 2. The third-order valence-corrected chi connectivity index (χ3v) is 2.41. The van der Waals surface area contributed by atoms with Crippen LogP contribution in [0.1, 0.15) is 12.6 Å². The Labute approximate surface area is 105 Å². The summed E-state index contributed by atoms with van der Waals surface area (Å²) in [4.78, 5) is 27.3. The smallest absolute Gasteiger partial charge is 0.407 e. The summed E-state index contributed by atoms with van der Waals surface area (Å²) < 4.78 is 0. The van der Waals surface area contributed by atoms with Gasteiger partial charge in [0.05, 0.1) is 0 Å². The molecule has 0 aliphatic rings. The average molecular weight is 247 g/mol. The van der Waals surface area contributed by atoms with Crippen LogP contribution in [-0.4, -0.2) is 40.1 Å². The van der Waals surface area contributed by atoms with E-state index in [0.717, 1.165) is 4.90 Å². The highest BCUT2D eigenvalue weighted by Gasteiger charge is 2.21. The first-order valence-electron chi connectivity index (χ1n) is 5.16. The fourth-order valence-electron chi connectivity index (χ4n) is 1.16. The maximum absolute atomic E-state index is 11.8. The molecule has 0 saturated carbocycles. The molecule has 6 nitrogen and oxygen atoms in total. The molecule has 0 spiro atoms. The first kappa shape index (κ1) is 13.5. The number of carbonyl (C=O) groups excluding carboxylic acids is 1. The van der Waals surface area contributed by atoms with Crippen molar-refractivity contribution in [3.63, 3.8) is 0 Å². The van der Waals surface area contributed by atoms with Crippen molar-refractivity contribution in [1.82, 2.24) is 9.88 Å². The van der Waals surface area contributed by atoms with E-state index >= 15 is 0 Å². The van der Waals surface area contributed by atoms with Crippen molar-refractivity contribution in [3.05, 3.63) is 23.9 Å². The lowest BCUT2D eigenvalue weighted by molar-refractivity contribution is -0.119. The average Bonchev–Trinajstić information content (AvgIpc) is 2.36. The van der Waals surface area contributed by atoms with Crippen LogP contribution in [0.25, 0.3) is 0 Å². The summed E-state index contributed by atoms with van der Waals surface area (Å²) in [6, 6.07) is 4.04. The summed E-state index contributed by atoms with van der Waals surface area (Å²) in [7, 11) is 1.32. The molecule has 1 unspecified atom stereocenters. The van der Waals surface area contributed by atoms with Gasteiger partial charge in [0.1, 0.15) is 17.6 Å². The highest BCUT2D eigenvalue weighted by Crippen LogP contribution is 2.06. The molecule has 0 aromatic carbocycles. The Morgan fingerprint density at radius 3 is 2.78 bits per heavy atom. The van der Waals surface area contributed by atoms with Gasteiger partial charge in [-0.15, -0.1) is 6.42 Å². The SMILES string of the molecule is C#Cc1cccc(NC(=O)C(C)N(C)C(=O)O)n1. The van der Waals surface area contributed by atoms with Gasteiger partial charge in [-0.25, -0.2) is 9.78 Å². The van der Waals surface area contributed by atoms with Crippen LogP contribution in [0.2, 0.25) is 0 Å². The molecule has 1 atom stereocenters. The minimum atomic E-state index is -1.18. The van der Waals surface area contributed by atoms with Crippen LogP contribution in [0.5, 0.6) is 0 Å². The Kier molecular flexibility index (Phi) is 4.27. The number of pyridine rings is 1. The van der Waals surface area contributed by atoms with Gasteiger partial charge in [-0.3, -0.25) is 9.69 Å². The summed E-state index contributed by atoms with van der Waals surface area (Å²) in [6.45, 7) is 1.48. The van der Waals surface area contributed by atoms with Crippen molar-refractivity contribution in [3.8, 4) is 12.3 Å². The molecule has 6 heteroatoms. The predicted octanol–water partition coefficient (Wildman–Crippen LogP) is 1.000. The number of amides is 2. The number of rotatable bonds is 3. The zero-order chi connectivity index (χ0) is 13.7. The summed E-state index contributed by atoms with van der Waals surface area (Å²) >= 11 is 0. The van der Waals surface area contributed by atoms with Gasteiger partial charge in [-0.1, -0.05) is 12.0 Å². The van der Waals surface area contributed by atoms with Crippen molar-refractivity contribution in [2.45, 2.75) is 13.0 Å². The predicted molar refractivity (Wildman–Crippen MR) is 66.1 cm³/mol. The van der Waals surface area contributed by atoms with Crippen molar-refractivity contribution < 1.29 is 14.7 Å². The van der Waals surface area contributed by atoms with Gasteiger partial charge in [-0.2, -0.15) is 0 Å². The second-order valence-electron chi connectivity index (χ2n) is 3.61. The molecule has 2 N–H and O–H groups in total. The van der Waals surface area contributed by atoms with Gasteiger partial charge >= 0.3 is 6.09 Å². The van der Waals surface area contributed by atoms with Gasteiger partial charge in [0, 0.05) is 7.05 Å². The third-order valence-electron chi connectivity index (χ3n) is 2.41. The van der Waals surface area contributed by atoms with E-state index in [1.165, 1.54) is 14.0 Å². The van der Waals surface area contributed by atoms with Crippen molar-refractivity contribution in [1.29, 1.82) is 0 Å². The van der Waals surface area contributed by atoms with Gasteiger partial charge in [0.15, 0.2) is 0 Å². The number of carbonyl (C=O) groups is 2. The van der Waals surface area contributed by atoms with Gasteiger partial charge < -0.3 is 10.4 Å². The maximum Gasteiger partial charge on any atom is 0.407 e. The van der Waals surface area contributed by atoms with E-state index in [2.05, 4.69) is 16.2 Å². The van der Waals surface area contributed by atoms with Crippen LogP contribution in [-0.2, 0) is 4.79 Å². The van der Waals surface area contributed by atoms with Crippen LogP contribution in [0.15, 0.2) is 18.2 Å². The zero-order valence-electron chi connectivity index (χ0n) is 10.0. The lowest BCUT2D eigenvalue weighted by Gasteiger charge is -2.20. The van der Waals surface area contributed by atoms with Crippen molar-refractivity contribution in [2.24, 2.45) is 0 Å². The summed E-state index contributed by atoms with van der Waals surface area (Å²) in [5, 5.41) is 11.3. The van der Waals surface area contributed by atoms with Crippen molar-refractivity contribution in [2.75, 3.05) is 12.4 Å². The number of anilines is 1. The number of nitrogens with one attached hydrogen (secondary N) is 1. The molecular formula is C12H13N3O3. The minimum absolute atomic E-state index is 0.293. The number of carboxylic acid groups (broad SMARTS) is 1. The van der Waals surface area contributed by atoms with Gasteiger partial charge in [0.2, 0.25) is 5.91 Å². The first-order valence-corrected chi connectivity index (χ1v) is 5.16. The van der Waals surface area contributed by atoms with Crippen LogP contribution in [0.4, 0.5) is 10.6 Å². The van der Waals surface area contributed by atoms with Crippen LogP contribution >= 0.6 is 0 Å². The molecule has 18 heavy (non-hydrogen) atoms. The first-order chi connectivity index (χ1) is 8.45. The molecule has 94 valence electrons. The quantitative estimate of drug-likeness (QED) is 0.780.